The van der Waals surface area contributed by atoms with Gasteiger partial charge in [0.15, 0.2) is 0 Å². The first kappa shape index (κ1) is 15.6. The molecule has 0 aliphatic heterocycles. The average Bonchev–Trinajstić information content (AvgIpc) is 2.35. The SMILES string of the molecule is CN(C)CCN(C)S(=O)(=O)c1ccc(CBr)cc1. The Kier molecular flexibility index (Phi) is 5.78. The van der Waals surface area contributed by atoms with Crippen LogP contribution < -0.4 is 0 Å². The van der Waals surface area contributed by atoms with Crippen molar-refractivity contribution < 1.29 is 8.42 Å². The molecular weight excluding hydrogens is 316 g/mol. The zero-order valence-corrected chi connectivity index (χ0v) is 13.3. The van der Waals surface area contributed by atoms with Gasteiger partial charge in [0.05, 0.1) is 4.90 Å². The van der Waals surface area contributed by atoms with Gasteiger partial charge in [0, 0.05) is 25.5 Å². The van der Waals surface area contributed by atoms with Crippen LogP contribution in [0.2, 0.25) is 0 Å². The number of hydrogen-bond donors (Lipinski definition) is 0. The second-order valence-corrected chi connectivity index (χ2v) is 7.01. The maximum absolute atomic E-state index is 12.2. The molecule has 0 aromatic heterocycles. The normalized spacial score (nSPS) is 12.3. The van der Waals surface area contributed by atoms with Crippen LogP contribution in [0.3, 0.4) is 0 Å². The van der Waals surface area contributed by atoms with Gasteiger partial charge in [0.1, 0.15) is 0 Å². The molecule has 4 nitrogen and oxygen atoms in total. The van der Waals surface area contributed by atoms with Crippen LogP contribution in [-0.4, -0.2) is 51.9 Å². The number of hydrogen-bond acceptors (Lipinski definition) is 3. The Labute approximate surface area is 118 Å². The zero-order chi connectivity index (χ0) is 13.8. The van der Waals surface area contributed by atoms with Crippen LogP contribution in [0.15, 0.2) is 29.2 Å². The Hall–Kier alpha value is -0.430. The lowest BCUT2D eigenvalue weighted by Crippen LogP contribution is -2.33. The summed E-state index contributed by atoms with van der Waals surface area (Å²) in [4.78, 5) is 2.30. The molecule has 0 saturated carbocycles. The highest BCUT2D eigenvalue weighted by Gasteiger charge is 2.20. The summed E-state index contributed by atoms with van der Waals surface area (Å²) in [5.41, 5.74) is 1.06. The van der Waals surface area contributed by atoms with Gasteiger partial charge in [0.25, 0.3) is 0 Å². The molecule has 1 aromatic carbocycles. The molecule has 0 N–H and O–H groups in total. The lowest BCUT2D eigenvalue weighted by atomic mass is 10.2. The number of sulfonamides is 1. The molecule has 0 atom stereocenters. The number of alkyl halides is 1. The maximum atomic E-state index is 12.2. The van der Waals surface area contributed by atoms with Crippen molar-refractivity contribution in [1.82, 2.24) is 9.21 Å². The third-order valence-electron chi connectivity index (χ3n) is 2.65. The molecule has 0 bridgehead atoms. The highest BCUT2D eigenvalue weighted by molar-refractivity contribution is 9.08. The lowest BCUT2D eigenvalue weighted by Gasteiger charge is -2.19. The van der Waals surface area contributed by atoms with Gasteiger partial charge in [-0.1, -0.05) is 28.1 Å². The van der Waals surface area contributed by atoms with Crippen molar-refractivity contribution in [1.29, 1.82) is 0 Å². The number of nitrogens with zero attached hydrogens (tertiary/aromatic N) is 2. The van der Waals surface area contributed by atoms with Crippen LogP contribution in [0.1, 0.15) is 5.56 Å². The fraction of sp³-hybridized carbons (Fsp3) is 0.500. The van der Waals surface area contributed by atoms with Gasteiger partial charge in [-0.25, -0.2) is 8.42 Å². The van der Waals surface area contributed by atoms with Crippen LogP contribution in [-0.2, 0) is 15.4 Å². The second-order valence-electron chi connectivity index (χ2n) is 4.41. The van der Waals surface area contributed by atoms with E-state index < -0.39 is 10.0 Å². The van der Waals surface area contributed by atoms with E-state index in [1.807, 2.05) is 31.1 Å². The fourth-order valence-electron chi connectivity index (χ4n) is 1.39. The van der Waals surface area contributed by atoms with Crippen molar-refractivity contribution in [2.75, 3.05) is 34.2 Å². The first-order valence-corrected chi connectivity index (χ1v) is 8.20. The molecule has 0 aliphatic carbocycles. The topological polar surface area (TPSA) is 40.6 Å². The van der Waals surface area contributed by atoms with Crippen LogP contribution in [0.25, 0.3) is 0 Å². The van der Waals surface area contributed by atoms with Gasteiger partial charge < -0.3 is 4.90 Å². The van der Waals surface area contributed by atoms with Gasteiger partial charge in [-0.15, -0.1) is 0 Å². The van der Waals surface area contributed by atoms with E-state index in [9.17, 15) is 8.42 Å². The molecule has 18 heavy (non-hydrogen) atoms. The van der Waals surface area contributed by atoms with Crippen LogP contribution in [0, 0.1) is 0 Å². The molecule has 102 valence electrons. The molecule has 0 spiro atoms. The molecule has 0 saturated heterocycles. The predicted molar refractivity (Wildman–Crippen MR) is 77.4 cm³/mol. The van der Waals surface area contributed by atoms with Crippen molar-refractivity contribution in [3.63, 3.8) is 0 Å². The Balaban J connectivity index is 2.84. The summed E-state index contributed by atoms with van der Waals surface area (Å²) in [7, 11) is 2.08. The fourth-order valence-corrected chi connectivity index (χ4v) is 2.93. The third-order valence-corrected chi connectivity index (χ3v) is 5.17. The maximum Gasteiger partial charge on any atom is 0.242 e. The zero-order valence-electron chi connectivity index (χ0n) is 10.9. The predicted octanol–water partition coefficient (Wildman–Crippen LogP) is 1.76. The largest absolute Gasteiger partial charge is 0.308 e. The van der Waals surface area contributed by atoms with E-state index in [1.165, 1.54) is 4.31 Å². The summed E-state index contributed by atoms with van der Waals surface area (Å²) >= 11 is 3.34. The number of rotatable bonds is 6. The third kappa shape index (κ3) is 4.05. The number of likely N-dealkylation sites (N-methyl/N-ethyl adjacent to an activating group) is 2. The smallest absolute Gasteiger partial charge is 0.242 e. The monoisotopic (exact) mass is 334 g/mol. The molecule has 0 unspecified atom stereocenters. The van der Waals surface area contributed by atoms with Crippen LogP contribution in [0.5, 0.6) is 0 Å². The minimum atomic E-state index is -3.37. The highest BCUT2D eigenvalue weighted by atomic mass is 79.9. The van der Waals surface area contributed by atoms with E-state index in [2.05, 4.69) is 15.9 Å². The molecule has 1 rings (SSSR count). The quantitative estimate of drug-likeness (QED) is 0.744. The molecular formula is C12H19BrN2O2S. The molecule has 0 heterocycles. The molecule has 0 amide bonds. The van der Waals surface area contributed by atoms with Gasteiger partial charge in [-0.2, -0.15) is 4.31 Å². The molecule has 0 fully saturated rings. The summed E-state index contributed by atoms with van der Waals surface area (Å²) in [5, 5.41) is 0.726. The summed E-state index contributed by atoms with van der Waals surface area (Å²) in [5.74, 6) is 0. The molecule has 6 heteroatoms. The average molecular weight is 335 g/mol. The minimum Gasteiger partial charge on any atom is -0.308 e. The Morgan fingerprint density at radius 3 is 2.06 bits per heavy atom. The van der Waals surface area contributed by atoms with Gasteiger partial charge in [-0.3, -0.25) is 0 Å². The molecule has 0 aliphatic rings. The van der Waals surface area contributed by atoms with Crippen molar-refractivity contribution in [2.24, 2.45) is 0 Å². The van der Waals surface area contributed by atoms with Crippen molar-refractivity contribution in [3.8, 4) is 0 Å². The summed E-state index contributed by atoms with van der Waals surface area (Å²) in [6, 6.07) is 6.94. The first-order valence-electron chi connectivity index (χ1n) is 5.64. The van der Waals surface area contributed by atoms with Crippen LogP contribution in [0.4, 0.5) is 0 Å². The highest BCUT2D eigenvalue weighted by Crippen LogP contribution is 2.16. The van der Waals surface area contributed by atoms with Gasteiger partial charge in [-0.05, 0) is 31.8 Å². The second kappa shape index (κ2) is 6.65. The van der Waals surface area contributed by atoms with E-state index in [1.54, 1.807) is 19.2 Å². The Morgan fingerprint density at radius 2 is 1.61 bits per heavy atom. The molecule has 1 aromatic rings. The number of benzene rings is 1. The van der Waals surface area contributed by atoms with E-state index >= 15 is 0 Å². The lowest BCUT2D eigenvalue weighted by molar-refractivity contribution is 0.358. The minimum absolute atomic E-state index is 0.341. The van der Waals surface area contributed by atoms with Crippen molar-refractivity contribution >= 4 is 26.0 Å². The Bertz CT molecular complexity index is 471. The van der Waals surface area contributed by atoms with E-state index in [0.29, 0.717) is 18.0 Å². The van der Waals surface area contributed by atoms with Crippen molar-refractivity contribution in [3.05, 3.63) is 29.8 Å². The van der Waals surface area contributed by atoms with Gasteiger partial charge >= 0.3 is 0 Å². The summed E-state index contributed by atoms with van der Waals surface area (Å²) in [6.07, 6.45) is 0. The van der Waals surface area contributed by atoms with Gasteiger partial charge in [0.2, 0.25) is 10.0 Å². The van der Waals surface area contributed by atoms with Crippen LogP contribution >= 0.6 is 15.9 Å². The standard InChI is InChI=1S/C12H19BrN2O2S/c1-14(2)8-9-15(3)18(16,17)12-6-4-11(10-13)5-7-12/h4-7H,8-10H2,1-3H3. The summed E-state index contributed by atoms with van der Waals surface area (Å²) in [6.45, 7) is 1.19. The van der Waals surface area contributed by atoms with E-state index in [4.69, 9.17) is 0 Å². The first-order chi connectivity index (χ1) is 8.37. The Morgan fingerprint density at radius 1 is 1.06 bits per heavy atom. The van der Waals surface area contributed by atoms with E-state index in [0.717, 1.165) is 10.9 Å². The van der Waals surface area contributed by atoms with E-state index in [-0.39, 0.29) is 0 Å². The number of halogens is 1. The van der Waals surface area contributed by atoms with Crippen molar-refractivity contribution in [2.45, 2.75) is 10.2 Å². The molecule has 0 radical (unpaired) electrons. The summed E-state index contributed by atoms with van der Waals surface area (Å²) < 4.78 is 25.9.